The molecular weight excluding hydrogens is 453 g/mol. The van der Waals surface area contributed by atoms with Gasteiger partial charge < -0.3 is 15.1 Å². The van der Waals surface area contributed by atoms with Gasteiger partial charge in [0.1, 0.15) is 10.7 Å². The van der Waals surface area contributed by atoms with Gasteiger partial charge in [-0.3, -0.25) is 10.1 Å². The van der Waals surface area contributed by atoms with E-state index in [-0.39, 0.29) is 11.7 Å². The molecule has 3 aromatic rings. The van der Waals surface area contributed by atoms with E-state index in [1.54, 1.807) is 11.8 Å². The Hall–Kier alpha value is -3.17. The number of amides is 3. The number of rotatable bonds is 4. The molecular formula is C22H21ClFN5O2S. The summed E-state index contributed by atoms with van der Waals surface area (Å²) >= 11 is 7.22. The van der Waals surface area contributed by atoms with Crippen LogP contribution in [-0.4, -0.2) is 48.0 Å². The summed E-state index contributed by atoms with van der Waals surface area (Å²) in [6.07, 6.45) is 0. The van der Waals surface area contributed by atoms with Crippen LogP contribution in [0.25, 0.3) is 0 Å². The Morgan fingerprint density at radius 1 is 1.06 bits per heavy atom. The van der Waals surface area contributed by atoms with Crippen LogP contribution in [-0.2, 0) is 0 Å². The number of anilines is 3. The van der Waals surface area contributed by atoms with E-state index >= 15 is 0 Å². The topological polar surface area (TPSA) is 77.6 Å². The van der Waals surface area contributed by atoms with E-state index in [1.165, 1.54) is 24.3 Å². The van der Waals surface area contributed by atoms with Crippen molar-refractivity contribution in [3.8, 4) is 0 Å². The van der Waals surface area contributed by atoms with Crippen molar-refractivity contribution in [2.24, 2.45) is 0 Å². The van der Waals surface area contributed by atoms with E-state index in [0.29, 0.717) is 52.6 Å². The largest absolute Gasteiger partial charge is 0.368 e. The molecule has 0 saturated carbocycles. The van der Waals surface area contributed by atoms with E-state index < -0.39 is 6.03 Å². The summed E-state index contributed by atoms with van der Waals surface area (Å²) in [5.41, 5.74) is 2.05. The van der Waals surface area contributed by atoms with Gasteiger partial charge in [-0.1, -0.05) is 29.0 Å². The molecule has 0 atom stereocenters. The van der Waals surface area contributed by atoms with Gasteiger partial charge in [0.05, 0.1) is 5.69 Å². The smallest absolute Gasteiger partial charge is 0.325 e. The van der Waals surface area contributed by atoms with Crippen molar-refractivity contribution in [2.45, 2.75) is 6.92 Å². The molecule has 10 heteroatoms. The molecule has 1 saturated heterocycles. The van der Waals surface area contributed by atoms with Crippen molar-refractivity contribution < 1.29 is 14.0 Å². The lowest BCUT2D eigenvalue weighted by molar-refractivity contribution is 0.0750. The zero-order valence-electron chi connectivity index (χ0n) is 17.3. The fourth-order valence-electron chi connectivity index (χ4n) is 3.43. The van der Waals surface area contributed by atoms with E-state index in [4.69, 9.17) is 11.6 Å². The number of nitrogens with zero attached hydrogens (tertiary/aromatic N) is 3. The van der Waals surface area contributed by atoms with Gasteiger partial charge in [-0.2, -0.15) is 0 Å². The van der Waals surface area contributed by atoms with Crippen LogP contribution in [0, 0.1) is 12.7 Å². The third kappa shape index (κ3) is 5.17. The second-order valence-corrected chi connectivity index (χ2v) is 8.71. The lowest BCUT2D eigenvalue weighted by Crippen LogP contribution is -2.48. The summed E-state index contributed by atoms with van der Waals surface area (Å²) in [7, 11) is 0. The summed E-state index contributed by atoms with van der Waals surface area (Å²) in [5, 5.41) is 6.24. The number of carbonyl (C=O) groups excluding carboxylic acids is 2. The number of urea groups is 1. The molecule has 7 nitrogen and oxygen atoms in total. The number of piperazine rings is 1. The number of aryl methyl sites for hydroxylation is 1. The fraction of sp³-hybridized carbons (Fsp3) is 0.227. The second-order valence-electron chi connectivity index (χ2n) is 7.28. The molecule has 0 spiro atoms. The van der Waals surface area contributed by atoms with Gasteiger partial charge >= 0.3 is 6.03 Å². The monoisotopic (exact) mass is 473 g/mol. The molecule has 3 amide bonds. The van der Waals surface area contributed by atoms with Gasteiger partial charge in [0, 0.05) is 42.6 Å². The molecule has 2 aromatic carbocycles. The summed E-state index contributed by atoms with van der Waals surface area (Å²) in [4.78, 5) is 34.0. The maximum Gasteiger partial charge on any atom is 0.325 e. The molecule has 0 unspecified atom stereocenters. The Labute approximate surface area is 193 Å². The number of thiazole rings is 1. The highest BCUT2D eigenvalue weighted by Crippen LogP contribution is 2.26. The number of nitrogens with one attached hydrogen (secondary N) is 2. The average molecular weight is 474 g/mol. The molecule has 1 aromatic heterocycles. The highest BCUT2D eigenvalue weighted by molar-refractivity contribution is 7.17. The minimum Gasteiger partial charge on any atom is -0.368 e. The van der Waals surface area contributed by atoms with Crippen LogP contribution in [0.3, 0.4) is 0 Å². The van der Waals surface area contributed by atoms with E-state index in [9.17, 15) is 14.0 Å². The summed E-state index contributed by atoms with van der Waals surface area (Å²) in [5.74, 6) is -0.485. The van der Waals surface area contributed by atoms with E-state index in [1.807, 2.05) is 24.3 Å². The molecule has 4 rings (SSSR count). The average Bonchev–Trinajstić information content (AvgIpc) is 3.14. The van der Waals surface area contributed by atoms with Crippen LogP contribution in [0.5, 0.6) is 0 Å². The molecule has 2 heterocycles. The number of hydrogen-bond acceptors (Lipinski definition) is 5. The van der Waals surface area contributed by atoms with Crippen molar-refractivity contribution in [1.82, 2.24) is 9.88 Å². The Morgan fingerprint density at radius 3 is 2.47 bits per heavy atom. The quantitative estimate of drug-likeness (QED) is 0.567. The molecule has 2 N–H and O–H groups in total. The number of halogens is 2. The molecule has 0 bridgehead atoms. The van der Waals surface area contributed by atoms with Crippen LogP contribution < -0.4 is 15.5 Å². The van der Waals surface area contributed by atoms with Crippen molar-refractivity contribution in [1.29, 1.82) is 0 Å². The Kier molecular flexibility index (Phi) is 6.57. The van der Waals surface area contributed by atoms with Crippen molar-refractivity contribution in [3.05, 3.63) is 69.9 Å². The predicted octanol–water partition coefficient (Wildman–Crippen LogP) is 4.85. The van der Waals surface area contributed by atoms with Crippen molar-refractivity contribution >= 4 is 51.4 Å². The zero-order valence-corrected chi connectivity index (χ0v) is 18.8. The number of hydrogen-bond donors (Lipinski definition) is 2. The van der Waals surface area contributed by atoms with Gasteiger partial charge in [0.25, 0.3) is 5.91 Å². The lowest BCUT2D eigenvalue weighted by atomic mass is 10.2. The third-order valence-corrected chi connectivity index (χ3v) is 6.35. The van der Waals surface area contributed by atoms with Crippen LogP contribution in [0.1, 0.15) is 15.4 Å². The van der Waals surface area contributed by atoms with Gasteiger partial charge in [-0.25, -0.2) is 14.2 Å². The van der Waals surface area contributed by atoms with E-state index in [2.05, 4.69) is 20.5 Å². The SMILES string of the molecule is Cc1nc(NC(=O)Nc2ccc(F)cc2)sc1C(=O)N1CCN(c2cccc(Cl)c2)CC1. The van der Waals surface area contributed by atoms with Gasteiger partial charge in [-0.05, 0) is 49.4 Å². The van der Waals surface area contributed by atoms with Crippen LogP contribution in [0.15, 0.2) is 48.5 Å². The molecule has 166 valence electrons. The number of aromatic nitrogens is 1. The van der Waals surface area contributed by atoms with Crippen LogP contribution in [0.2, 0.25) is 5.02 Å². The minimum atomic E-state index is -0.514. The number of benzene rings is 2. The van der Waals surface area contributed by atoms with Crippen LogP contribution >= 0.6 is 22.9 Å². The maximum atomic E-state index is 13.0. The Bertz CT molecular complexity index is 1130. The van der Waals surface area contributed by atoms with Crippen molar-refractivity contribution in [3.63, 3.8) is 0 Å². The molecule has 32 heavy (non-hydrogen) atoms. The first-order chi connectivity index (χ1) is 15.4. The molecule has 0 aliphatic carbocycles. The summed E-state index contributed by atoms with van der Waals surface area (Å²) < 4.78 is 13.0. The first-order valence-corrected chi connectivity index (χ1v) is 11.2. The lowest BCUT2D eigenvalue weighted by Gasteiger charge is -2.36. The first-order valence-electron chi connectivity index (χ1n) is 10.00. The minimum absolute atomic E-state index is 0.0993. The van der Waals surface area contributed by atoms with Gasteiger partial charge in [0.2, 0.25) is 0 Å². The third-order valence-electron chi connectivity index (χ3n) is 5.05. The highest BCUT2D eigenvalue weighted by Gasteiger charge is 2.26. The molecule has 1 fully saturated rings. The summed E-state index contributed by atoms with van der Waals surface area (Å²) in [6, 6.07) is 12.6. The predicted molar refractivity (Wildman–Crippen MR) is 125 cm³/mol. The first kappa shape index (κ1) is 22.0. The fourth-order valence-corrected chi connectivity index (χ4v) is 4.54. The number of carbonyl (C=O) groups is 2. The standard InChI is InChI=1S/C22H21ClFN5O2S/c1-14-19(32-22(25-14)27-21(31)26-17-7-5-16(24)6-8-17)20(30)29-11-9-28(10-12-29)18-4-2-3-15(23)13-18/h2-8,13H,9-12H2,1H3,(H2,25,26,27,31). The van der Waals surface area contributed by atoms with E-state index in [0.717, 1.165) is 17.0 Å². The zero-order chi connectivity index (χ0) is 22.7. The molecule has 0 radical (unpaired) electrons. The highest BCUT2D eigenvalue weighted by atomic mass is 35.5. The van der Waals surface area contributed by atoms with Crippen LogP contribution in [0.4, 0.5) is 25.7 Å². The molecule has 1 aliphatic heterocycles. The van der Waals surface area contributed by atoms with Crippen molar-refractivity contribution in [2.75, 3.05) is 41.7 Å². The summed E-state index contributed by atoms with van der Waals surface area (Å²) in [6.45, 7) is 4.31. The van der Waals surface area contributed by atoms with Gasteiger partial charge in [0.15, 0.2) is 5.13 Å². The normalized spacial score (nSPS) is 13.7. The molecule has 1 aliphatic rings. The maximum absolute atomic E-state index is 13.0. The van der Waals surface area contributed by atoms with Gasteiger partial charge in [-0.15, -0.1) is 0 Å². The second kappa shape index (κ2) is 9.54. The Balaban J connectivity index is 1.35. The Morgan fingerprint density at radius 2 is 1.78 bits per heavy atom.